The average Bonchev–Trinajstić information content (AvgIpc) is 2.82. The SMILES string of the molecule is CC(C)c1cc(C(=O)N(C)CC2CCCCC2O)nn1C. The number of hydrogen-bond donors (Lipinski definition) is 1. The Bertz CT molecular complexity index is 496. The van der Waals surface area contributed by atoms with Gasteiger partial charge in [0.1, 0.15) is 0 Å². The Labute approximate surface area is 126 Å². The lowest BCUT2D eigenvalue weighted by Crippen LogP contribution is -2.38. The fraction of sp³-hybridized carbons (Fsp3) is 0.750. The lowest BCUT2D eigenvalue weighted by molar-refractivity contribution is 0.0448. The van der Waals surface area contributed by atoms with Crippen LogP contribution in [0, 0.1) is 5.92 Å². The van der Waals surface area contributed by atoms with Crippen molar-refractivity contribution < 1.29 is 9.90 Å². The van der Waals surface area contributed by atoms with Gasteiger partial charge in [-0.3, -0.25) is 9.48 Å². The van der Waals surface area contributed by atoms with Crippen molar-refractivity contribution in [3.63, 3.8) is 0 Å². The highest BCUT2D eigenvalue weighted by atomic mass is 16.3. The zero-order valence-corrected chi connectivity index (χ0v) is 13.5. The number of aryl methyl sites for hydroxylation is 1. The van der Waals surface area contributed by atoms with Crippen LogP contribution in [0.25, 0.3) is 0 Å². The minimum Gasteiger partial charge on any atom is -0.393 e. The van der Waals surface area contributed by atoms with E-state index in [-0.39, 0.29) is 17.9 Å². The molecule has 1 N–H and O–H groups in total. The summed E-state index contributed by atoms with van der Waals surface area (Å²) >= 11 is 0. The van der Waals surface area contributed by atoms with Crippen molar-refractivity contribution >= 4 is 5.91 Å². The third-order valence-electron chi connectivity index (χ3n) is 4.45. The van der Waals surface area contributed by atoms with Crippen LogP contribution in [0.4, 0.5) is 0 Å². The topological polar surface area (TPSA) is 58.4 Å². The molecule has 0 spiro atoms. The van der Waals surface area contributed by atoms with E-state index in [1.165, 1.54) is 0 Å². The summed E-state index contributed by atoms with van der Waals surface area (Å²) in [5.41, 5.74) is 1.55. The largest absolute Gasteiger partial charge is 0.393 e. The lowest BCUT2D eigenvalue weighted by atomic mass is 9.86. The number of aliphatic hydroxyl groups is 1. The van der Waals surface area contributed by atoms with Gasteiger partial charge in [0.2, 0.25) is 0 Å². The Morgan fingerprint density at radius 1 is 1.48 bits per heavy atom. The maximum Gasteiger partial charge on any atom is 0.274 e. The van der Waals surface area contributed by atoms with Crippen molar-refractivity contribution in [2.45, 2.75) is 51.6 Å². The van der Waals surface area contributed by atoms with Gasteiger partial charge in [-0.25, -0.2) is 0 Å². The van der Waals surface area contributed by atoms with E-state index in [1.54, 1.807) is 16.6 Å². The van der Waals surface area contributed by atoms with E-state index >= 15 is 0 Å². The van der Waals surface area contributed by atoms with Crippen LogP contribution in [0.3, 0.4) is 0 Å². The van der Waals surface area contributed by atoms with Gasteiger partial charge in [0.05, 0.1) is 6.10 Å². The van der Waals surface area contributed by atoms with E-state index in [1.807, 2.05) is 13.1 Å². The number of hydrogen-bond acceptors (Lipinski definition) is 3. The zero-order valence-electron chi connectivity index (χ0n) is 13.5. The number of nitrogens with zero attached hydrogens (tertiary/aromatic N) is 3. The summed E-state index contributed by atoms with van der Waals surface area (Å²) in [6.45, 7) is 4.79. The lowest BCUT2D eigenvalue weighted by Gasteiger charge is -2.30. The maximum absolute atomic E-state index is 12.5. The predicted octanol–water partition coefficient (Wildman–Crippen LogP) is 2.17. The van der Waals surface area contributed by atoms with Gasteiger partial charge in [-0.15, -0.1) is 0 Å². The van der Waals surface area contributed by atoms with Crippen LogP contribution in [0.5, 0.6) is 0 Å². The van der Waals surface area contributed by atoms with Gasteiger partial charge >= 0.3 is 0 Å². The average molecular weight is 293 g/mol. The van der Waals surface area contributed by atoms with Crippen molar-refractivity contribution in [1.29, 1.82) is 0 Å². The van der Waals surface area contributed by atoms with Gasteiger partial charge in [-0.2, -0.15) is 5.10 Å². The normalized spacial score (nSPS) is 22.6. The third kappa shape index (κ3) is 3.64. The second-order valence-corrected chi connectivity index (χ2v) is 6.53. The van der Waals surface area contributed by atoms with Crippen molar-refractivity contribution in [2.75, 3.05) is 13.6 Å². The molecular weight excluding hydrogens is 266 g/mol. The summed E-state index contributed by atoms with van der Waals surface area (Å²) in [6.07, 6.45) is 3.81. The first kappa shape index (κ1) is 16.0. The number of aromatic nitrogens is 2. The van der Waals surface area contributed by atoms with Crippen LogP contribution >= 0.6 is 0 Å². The molecule has 1 heterocycles. The third-order valence-corrected chi connectivity index (χ3v) is 4.45. The number of rotatable bonds is 4. The number of amides is 1. The molecule has 118 valence electrons. The van der Waals surface area contributed by atoms with Crippen molar-refractivity contribution in [3.8, 4) is 0 Å². The highest BCUT2D eigenvalue weighted by Crippen LogP contribution is 2.25. The maximum atomic E-state index is 12.5. The highest BCUT2D eigenvalue weighted by molar-refractivity contribution is 5.92. The molecule has 0 aliphatic heterocycles. The highest BCUT2D eigenvalue weighted by Gasteiger charge is 2.27. The van der Waals surface area contributed by atoms with Crippen molar-refractivity contribution in [2.24, 2.45) is 13.0 Å². The minimum absolute atomic E-state index is 0.0599. The van der Waals surface area contributed by atoms with Gasteiger partial charge in [-0.05, 0) is 24.8 Å². The predicted molar refractivity (Wildman–Crippen MR) is 82.2 cm³/mol. The molecule has 1 aromatic rings. The molecule has 5 heteroatoms. The summed E-state index contributed by atoms with van der Waals surface area (Å²) < 4.78 is 1.78. The standard InChI is InChI=1S/C16H27N3O2/c1-11(2)14-9-13(17-19(14)4)16(21)18(3)10-12-7-5-6-8-15(12)20/h9,11-12,15,20H,5-8,10H2,1-4H3. The van der Waals surface area contributed by atoms with Gasteiger partial charge in [-0.1, -0.05) is 26.7 Å². The first-order chi connectivity index (χ1) is 9.90. The van der Waals surface area contributed by atoms with Crippen LogP contribution in [0.15, 0.2) is 6.07 Å². The number of carbonyl (C=O) groups excluding carboxylic acids is 1. The summed E-state index contributed by atoms with van der Waals surface area (Å²) in [5.74, 6) is 0.478. The molecule has 1 aromatic heterocycles. The first-order valence-electron chi connectivity index (χ1n) is 7.87. The molecule has 1 aliphatic rings. The summed E-state index contributed by atoms with van der Waals surface area (Å²) in [6, 6.07) is 1.88. The molecule has 0 saturated heterocycles. The quantitative estimate of drug-likeness (QED) is 0.925. The summed E-state index contributed by atoms with van der Waals surface area (Å²) in [5, 5.41) is 14.4. The molecule has 5 nitrogen and oxygen atoms in total. The smallest absolute Gasteiger partial charge is 0.274 e. The van der Waals surface area contributed by atoms with Gasteiger partial charge in [0.15, 0.2) is 5.69 Å². The molecule has 2 rings (SSSR count). The molecule has 1 saturated carbocycles. The van der Waals surface area contributed by atoms with E-state index in [2.05, 4.69) is 18.9 Å². The van der Waals surface area contributed by atoms with E-state index in [4.69, 9.17) is 0 Å². The summed E-state index contributed by atoms with van der Waals surface area (Å²) in [4.78, 5) is 14.2. The number of aliphatic hydroxyl groups excluding tert-OH is 1. The Balaban J connectivity index is 2.03. The van der Waals surface area contributed by atoms with E-state index in [0.717, 1.165) is 31.4 Å². The van der Waals surface area contributed by atoms with Crippen LogP contribution in [0.2, 0.25) is 0 Å². The molecule has 2 unspecified atom stereocenters. The molecule has 0 aromatic carbocycles. The van der Waals surface area contributed by atoms with Crippen molar-refractivity contribution in [1.82, 2.24) is 14.7 Å². The minimum atomic E-state index is -0.274. The van der Waals surface area contributed by atoms with Crippen LogP contribution in [-0.2, 0) is 7.05 Å². The first-order valence-corrected chi connectivity index (χ1v) is 7.87. The Kier molecular flexibility index (Phi) is 5.04. The van der Waals surface area contributed by atoms with Gasteiger partial charge in [0, 0.05) is 32.3 Å². The Hall–Kier alpha value is -1.36. The molecule has 2 atom stereocenters. The second kappa shape index (κ2) is 6.60. The fourth-order valence-corrected chi connectivity index (χ4v) is 3.16. The second-order valence-electron chi connectivity index (χ2n) is 6.53. The monoisotopic (exact) mass is 293 g/mol. The molecule has 0 radical (unpaired) electrons. The van der Waals surface area contributed by atoms with E-state index in [9.17, 15) is 9.90 Å². The van der Waals surface area contributed by atoms with Crippen LogP contribution in [-0.4, -0.2) is 45.4 Å². The molecule has 0 bridgehead atoms. The summed E-state index contributed by atoms with van der Waals surface area (Å²) in [7, 11) is 3.67. The fourth-order valence-electron chi connectivity index (χ4n) is 3.16. The van der Waals surface area contributed by atoms with Gasteiger partial charge < -0.3 is 10.0 Å². The molecular formula is C16H27N3O2. The molecule has 1 fully saturated rings. The van der Waals surface area contributed by atoms with Crippen LogP contribution in [0.1, 0.15) is 61.6 Å². The number of carbonyl (C=O) groups is 1. The molecule has 1 aliphatic carbocycles. The van der Waals surface area contributed by atoms with Crippen LogP contribution < -0.4 is 0 Å². The van der Waals surface area contributed by atoms with E-state index < -0.39 is 0 Å². The Morgan fingerprint density at radius 2 is 2.14 bits per heavy atom. The van der Waals surface area contributed by atoms with Crippen molar-refractivity contribution in [3.05, 3.63) is 17.5 Å². The van der Waals surface area contributed by atoms with E-state index in [0.29, 0.717) is 18.2 Å². The van der Waals surface area contributed by atoms with Gasteiger partial charge in [0.25, 0.3) is 5.91 Å². The molecule has 1 amide bonds. The molecule has 21 heavy (non-hydrogen) atoms. The Morgan fingerprint density at radius 3 is 2.71 bits per heavy atom. The zero-order chi connectivity index (χ0) is 15.6.